The Kier molecular flexibility index (Phi) is 2.69. The van der Waals surface area contributed by atoms with E-state index >= 15 is 0 Å². The lowest BCUT2D eigenvalue weighted by Gasteiger charge is -2.28. The normalized spacial score (nSPS) is 18.9. The molecular formula is C15H14N4O3. The van der Waals surface area contributed by atoms with E-state index in [0.29, 0.717) is 23.0 Å². The summed E-state index contributed by atoms with van der Waals surface area (Å²) in [5.41, 5.74) is 2.36. The van der Waals surface area contributed by atoms with Gasteiger partial charge in [0.2, 0.25) is 12.7 Å². The summed E-state index contributed by atoms with van der Waals surface area (Å²) < 4.78 is 12.5. The molecule has 2 aliphatic rings. The molecular weight excluding hydrogens is 284 g/mol. The molecule has 22 heavy (non-hydrogen) atoms. The number of hydrogen-bond donors (Lipinski definition) is 1. The second kappa shape index (κ2) is 4.59. The SMILES string of the molecule is CC(=O)C1=C(C)Nc2ncnn2[C@H]1c1ccc2c(c1)OCO2. The van der Waals surface area contributed by atoms with Crippen LogP contribution in [0.1, 0.15) is 25.5 Å². The number of anilines is 1. The molecule has 112 valence electrons. The maximum Gasteiger partial charge on any atom is 0.231 e. The topological polar surface area (TPSA) is 78.3 Å². The number of ether oxygens (including phenoxy) is 2. The van der Waals surface area contributed by atoms with Crippen molar-refractivity contribution < 1.29 is 14.3 Å². The third-order valence-corrected chi connectivity index (χ3v) is 3.89. The van der Waals surface area contributed by atoms with Crippen molar-refractivity contribution in [3.63, 3.8) is 0 Å². The van der Waals surface area contributed by atoms with Crippen LogP contribution in [0.3, 0.4) is 0 Å². The molecule has 0 spiro atoms. The maximum absolute atomic E-state index is 12.1. The lowest BCUT2D eigenvalue weighted by atomic mass is 9.93. The van der Waals surface area contributed by atoms with Crippen molar-refractivity contribution in [3.8, 4) is 11.5 Å². The Bertz CT molecular complexity index is 809. The first-order valence-corrected chi connectivity index (χ1v) is 6.93. The standard InChI is InChI=1S/C15H14N4O3/c1-8-13(9(2)20)14(19-15(18-8)16-6-17-19)10-3-4-11-12(5-10)22-7-21-11/h3-6,14H,7H2,1-2H3,(H,16,17,18)/t14-/m0/s1. The Hall–Kier alpha value is -2.83. The Balaban J connectivity index is 1.89. The summed E-state index contributed by atoms with van der Waals surface area (Å²) in [6.45, 7) is 3.64. The van der Waals surface area contributed by atoms with Crippen LogP contribution in [-0.4, -0.2) is 27.3 Å². The number of nitrogens with one attached hydrogen (secondary N) is 1. The number of carbonyl (C=O) groups excluding carboxylic acids is 1. The van der Waals surface area contributed by atoms with E-state index in [4.69, 9.17) is 9.47 Å². The van der Waals surface area contributed by atoms with Gasteiger partial charge in [0.05, 0.1) is 0 Å². The first kappa shape index (κ1) is 12.9. The van der Waals surface area contributed by atoms with Gasteiger partial charge in [0.25, 0.3) is 0 Å². The predicted octanol–water partition coefficient (Wildman–Crippen LogP) is 1.88. The minimum atomic E-state index is -0.328. The average molecular weight is 298 g/mol. The van der Waals surface area contributed by atoms with Crippen LogP contribution in [0.5, 0.6) is 11.5 Å². The molecule has 7 nitrogen and oxygen atoms in total. The van der Waals surface area contributed by atoms with Gasteiger partial charge >= 0.3 is 0 Å². The van der Waals surface area contributed by atoms with Gasteiger partial charge in [-0.1, -0.05) is 6.07 Å². The van der Waals surface area contributed by atoms with Crippen molar-refractivity contribution in [1.82, 2.24) is 14.8 Å². The van der Waals surface area contributed by atoms with Crippen molar-refractivity contribution in [1.29, 1.82) is 0 Å². The van der Waals surface area contributed by atoms with Gasteiger partial charge in [-0.05, 0) is 31.5 Å². The van der Waals surface area contributed by atoms with Crippen LogP contribution in [-0.2, 0) is 4.79 Å². The first-order chi connectivity index (χ1) is 10.6. The number of allylic oxidation sites excluding steroid dienone is 2. The molecule has 1 aromatic carbocycles. The van der Waals surface area contributed by atoms with Gasteiger partial charge in [-0.3, -0.25) is 4.79 Å². The molecule has 0 saturated carbocycles. The van der Waals surface area contributed by atoms with Gasteiger partial charge in [-0.25, -0.2) is 4.68 Å². The zero-order valence-electron chi connectivity index (χ0n) is 12.2. The van der Waals surface area contributed by atoms with Crippen LogP contribution < -0.4 is 14.8 Å². The molecule has 2 aromatic rings. The van der Waals surface area contributed by atoms with E-state index in [1.54, 1.807) is 11.6 Å². The van der Waals surface area contributed by atoms with E-state index in [-0.39, 0.29) is 18.6 Å². The second-order valence-electron chi connectivity index (χ2n) is 5.26. The van der Waals surface area contributed by atoms with Gasteiger partial charge in [0.1, 0.15) is 12.4 Å². The zero-order chi connectivity index (χ0) is 15.3. The van der Waals surface area contributed by atoms with E-state index in [1.165, 1.54) is 6.33 Å². The van der Waals surface area contributed by atoms with Gasteiger partial charge in [-0.15, -0.1) is 0 Å². The van der Waals surface area contributed by atoms with E-state index in [0.717, 1.165) is 11.3 Å². The molecule has 3 heterocycles. The van der Waals surface area contributed by atoms with E-state index in [1.807, 2.05) is 25.1 Å². The largest absolute Gasteiger partial charge is 0.454 e. The fourth-order valence-electron chi connectivity index (χ4n) is 2.94. The monoisotopic (exact) mass is 298 g/mol. The van der Waals surface area contributed by atoms with Crippen LogP contribution in [0.4, 0.5) is 5.95 Å². The van der Waals surface area contributed by atoms with Crippen LogP contribution in [0.25, 0.3) is 0 Å². The number of nitrogens with zero attached hydrogens (tertiary/aromatic N) is 3. The number of ketones is 1. The number of aromatic nitrogens is 3. The van der Waals surface area contributed by atoms with E-state index in [2.05, 4.69) is 15.4 Å². The third kappa shape index (κ3) is 1.78. The van der Waals surface area contributed by atoms with Crippen molar-refractivity contribution in [2.24, 2.45) is 0 Å². The highest BCUT2D eigenvalue weighted by molar-refractivity contribution is 5.96. The predicted molar refractivity (Wildman–Crippen MR) is 77.7 cm³/mol. The summed E-state index contributed by atoms with van der Waals surface area (Å²) in [5, 5.41) is 7.38. The van der Waals surface area contributed by atoms with Crippen LogP contribution in [0.2, 0.25) is 0 Å². The molecule has 7 heteroatoms. The molecule has 0 unspecified atom stereocenters. The van der Waals surface area contributed by atoms with Gasteiger partial charge in [0.15, 0.2) is 17.3 Å². The highest BCUT2D eigenvalue weighted by Crippen LogP contribution is 2.39. The lowest BCUT2D eigenvalue weighted by molar-refractivity contribution is -0.114. The Labute approximate surface area is 126 Å². The van der Waals surface area contributed by atoms with Gasteiger partial charge in [0, 0.05) is 11.3 Å². The van der Waals surface area contributed by atoms with Crippen LogP contribution in [0, 0.1) is 0 Å². The molecule has 1 atom stereocenters. The molecule has 0 radical (unpaired) electrons. The number of rotatable bonds is 2. The summed E-state index contributed by atoms with van der Waals surface area (Å²) in [7, 11) is 0. The molecule has 0 fully saturated rings. The summed E-state index contributed by atoms with van der Waals surface area (Å²) in [5.74, 6) is 2.00. The Morgan fingerprint density at radius 2 is 2.18 bits per heavy atom. The lowest BCUT2D eigenvalue weighted by Crippen LogP contribution is -2.27. The number of hydrogen-bond acceptors (Lipinski definition) is 6. The molecule has 0 aliphatic carbocycles. The average Bonchev–Trinajstić information content (AvgIpc) is 3.12. The number of fused-ring (bicyclic) bond motifs is 2. The smallest absolute Gasteiger partial charge is 0.231 e. The number of Topliss-reactive ketones (excluding diaryl/α,β-unsaturated/α-hetero) is 1. The minimum Gasteiger partial charge on any atom is -0.454 e. The minimum absolute atomic E-state index is 0.00573. The highest BCUT2D eigenvalue weighted by Gasteiger charge is 2.32. The van der Waals surface area contributed by atoms with Crippen LogP contribution in [0.15, 0.2) is 35.8 Å². The fourth-order valence-corrected chi connectivity index (χ4v) is 2.94. The van der Waals surface area contributed by atoms with Gasteiger partial charge in [-0.2, -0.15) is 10.1 Å². The van der Waals surface area contributed by atoms with Crippen molar-refractivity contribution in [2.75, 3.05) is 12.1 Å². The molecule has 0 amide bonds. The zero-order valence-corrected chi connectivity index (χ0v) is 12.2. The van der Waals surface area contributed by atoms with E-state index < -0.39 is 0 Å². The number of carbonyl (C=O) groups is 1. The molecule has 0 saturated heterocycles. The van der Waals surface area contributed by atoms with Gasteiger partial charge < -0.3 is 14.8 Å². The van der Waals surface area contributed by atoms with Crippen LogP contribution >= 0.6 is 0 Å². The first-order valence-electron chi connectivity index (χ1n) is 6.93. The van der Waals surface area contributed by atoms with Crippen molar-refractivity contribution >= 4 is 11.7 Å². The Morgan fingerprint density at radius 1 is 1.36 bits per heavy atom. The quantitative estimate of drug-likeness (QED) is 0.912. The third-order valence-electron chi connectivity index (χ3n) is 3.89. The summed E-state index contributed by atoms with van der Waals surface area (Å²) in [6, 6.07) is 5.33. The summed E-state index contributed by atoms with van der Waals surface area (Å²) in [4.78, 5) is 16.3. The summed E-state index contributed by atoms with van der Waals surface area (Å²) >= 11 is 0. The highest BCUT2D eigenvalue weighted by atomic mass is 16.7. The summed E-state index contributed by atoms with van der Waals surface area (Å²) in [6.07, 6.45) is 1.47. The molecule has 4 rings (SSSR count). The second-order valence-corrected chi connectivity index (χ2v) is 5.26. The molecule has 1 N–H and O–H groups in total. The Morgan fingerprint density at radius 3 is 3.00 bits per heavy atom. The fraction of sp³-hybridized carbons (Fsp3) is 0.267. The number of benzene rings is 1. The maximum atomic E-state index is 12.1. The molecule has 1 aromatic heterocycles. The van der Waals surface area contributed by atoms with Crippen molar-refractivity contribution in [3.05, 3.63) is 41.4 Å². The molecule has 2 aliphatic heterocycles. The van der Waals surface area contributed by atoms with Crippen molar-refractivity contribution in [2.45, 2.75) is 19.9 Å². The molecule has 0 bridgehead atoms. The van der Waals surface area contributed by atoms with E-state index in [9.17, 15) is 4.79 Å².